The largest absolute Gasteiger partial charge is 0.494 e. The smallest absolute Gasteiger partial charge is 0.291 e. The predicted molar refractivity (Wildman–Crippen MR) is 134 cm³/mol. The second-order valence-electron chi connectivity index (χ2n) is 7.48. The Morgan fingerprint density at radius 3 is 2.73 bits per heavy atom. The van der Waals surface area contributed by atoms with Gasteiger partial charge in [0.2, 0.25) is 4.96 Å². The molecule has 0 unspecified atom stereocenters. The van der Waals surface area contributed by atoms with Gasteiger partial charge in [-0.05, 0) is 55.0 Å². The Morgan fingerprint density at radius 2 is 1.97 bits per heavy atom. The van der Waals surface area contributed by atoms with Crippen molar-refractivity contribution in [3.05, 3.63) is 85.8 Å². The van der Waals surface area contributed by atoms with Crippen molar-refractivity contribution in [3.63, 3.8) is 0 Å². The van der Waals surface area contributed by atoms with Crippen LogP contribution in [0.2, 0.25) is 0 Å². The normalized spacial score (nSPS) is 12.0. The molecule has 166 valence electrons. The average Bonchev–Trinajstić information content (AvgIpc) is 3.52. The van der Waals surface area contributed by atoms with Crippen LogP contribution in [0.4, 0.5) is 0 Å². The van der Waals surface area contributed by atoms with E-state index in [-0.39, 0.29) is 5.56 Å². The summed E-state index contributed by atoms with van der Waals surface area (Å²) < 4.78 is 14.5. The highest BCUT2D eigenvalue weighted by molar-refractivity contribution is 9.10. The summed E-state index contributed by atoms with van der Waals surface area (Å²) >= 11 is 4.76. The highest BCUT2D eigenvalue weighted by Crippen LogP contribution is 2.25. The van der Waals surface area contributed by atoms with Crippen molar-refractivity contribution in [1.29, 1.82) is 0 Å². The second kappa shape index (κ2) is 9.33. The molecule has 0 N–H and O–H groups in total. The first kappa shape index (κ1) is 21.6. The molecule has 0 aliphatic carbocycles. The third-order valence-electron chi connectivity index (χ3n) is 5.07. The molecule has 0 bridgehead atoms. The van der Waals surface area contributed by atoms with Crippen LogP contribution in [-0.4, -0.2) is 21.2 Å². The van der Waals surface area contributed by atoms with Gasteiger partial charge in [-0.3, -0.25) is 4.79 Å². The lowest BCUT2D eigenvalue weighted by atomic mass is 10.2. The Balaban J connectivity index is 1.40. The van der Waals surface area contributed by atoms with Gasteiger partial charge in [-0.1, -0.05) is 52.7 Å². The molecule has 0 amide bonds. The first-order valence-corrected chi connectivity index (χ1v) is 12.2. The van der Waals surface area contributed by atoms with Crippen molar-refractivity contribution in [2.45, 2.75) is 19.8 Å². The van der Waals surface area contributed by atoms with E-state index in [0.29, 0.717) is 27.7 Å². The van der Waals surface area contributed by atoms with Crippen LogP contribution in [0.3, 0.4) is 0 Å². The van der Waals surface area contributed by atoms with Crippen molar-refractivity contribution in [2.75, 3.05) is 6.61 Å². The van der Waals surface area contributed by atoms with E-state index in [1.165, 1.54) is 15.9 Å². The Bertz CT molecular complexity index is 1520. The number of rotatable bonds is 7. The maximum Gasteiger partial charge on any atom is 0.291 e. The molecule has 6 nitrogen and oxygen atoms in total. The van der Waals surface area contributed by atoms with Crippen LogP contribution in [0.25, 0.3) is 33.7 Å². The fraction of sp³-hybridized carbons (Fsp3) is 0.160. The van der Waals surface area contributed by atoms with Crippen LogP contribution in [0.5, 0.6) is 5.75 Å². The van der Waals surface area contributed by atoms with E-state index in [9.17, 15) is 4.79 Å². The standard InChI is InChI=1S/C25H20BrN3O3S/c1-2-3-13-31-19-9-7-16(8-10-19)23-27-25-29(28-23)24(30)22(33-25)15-20-11-12-21(32-20)17-5-4-6-18(26)14-17/h4-12,14-15H,2-3,13H2,1H3/b22-15-. The number of ether oxygens (including phenoxy) is 1. The van der Waals surface area contributed by atoms with E-state index in [1.807, 2.05) is 60.7 Å². The molecule has 0 radical (unpaired) electrons. The van der Waals surface area contributed by atoms with Crippen LogP contribution in [0.1, 0.15) is 25.5 Å². The minimum atomic E-state index is -0.214. The Kier molecular flexibility index (Phi) is 6.11. The number of halogens is 1. The van der Waals surface area contributed by atoms with Crippen molar-refractivity contribution in [2.24, 2.45) is 0 Å². The zero-order valence-corrected chi connectivity index (χ0v) is 20.2. The maximum absolute atomic E-state index is 12.9. The molecule has 0 aliphatic heterocycles. The van der Waals surface area contributed by atoms with Gasteiger partial charge in [0.25, 0.3) is 5.56 Å². The van der Waals surface area contributed by atoms with E-state index >= 15 is 0 Å². The van der Waals surface area contributed by atoms with Gasteiger partial charge in [-0.15, -0.1) is 5.10 Å². The summed E-state index contributed by atoms with van der Waals surface area (Å²) in [6.45, 7) is 2.83. The fourth-order valence-electron chi connectivity index (χ4n) is 3.35. The average molecular weight is 522 g/mol. The molecule has 5 rings (SSSR count). The van der Waals surface area contributed by atoms with Crippen molar-refractivity contribution in [3.8, 4) is 28.5 Å². The number of benzene rings is 2. The van der Waals surface area contributed by atoms with Gasteiger partial charge in [-0.25, -0.2) is 0 Å². The second-order valence-corrected chi connectivity index (χ2v) is 9.41. The molecule has 0 atom stereocenters. The molecule has 0 aliphatic rings. The number of nitrogens with zero attached hydrogens (tertiary/aromatic N) is 3. The minimum absolute atomic E-state index is 0.214. The van der Waals surface area contributed by atoms with Crippen molar-refractivity contribution in [1.82, 2.24) is 14.6 Å². The lowest BCUT2D eigenvalue weighted by molar-refractivity contribution is 0.309. The summed E-state index contributed by atoms with van der Waals surface area (Å²) in [6.07, 6.45) is 3.85. The first-order chi connectivity index (χ1) is 16.1. The maximum atomic E-state index is 12.9. The van der Waals surface area contributed by atoms with E-state index in [4.69, 9.17) is 9.15 Å². The molecule has 0 saturated heterocycles. The molecule has 3 heterocycles. The Labute approximate surface area is 202 Å². The number of thiazole rings is 1. The molecule has 0 fully saturated rings. The van der Waals surface area contributed by atoms with Crippen molar-refractivity contribution >= 4 is 38.3 Å². The highest BCUT2D eigenvalue weighted by Gasteiger charge is 2.13. The molecule has 0 saturated carbocycles. The van der Waals surface area contributed by atoms with Crippen LogP contribution in [-0.2, 0) is 0 Å². The molecule has 0 spiro atoms. The van der Waals surface area contributed by atoms with Gasteiger partial charge in [0.1, 0.15) is 21.8 Å². The van der Waals surface area contributed by atoms with E-state index in [2.05, 4.69) is 32.9 Å². The van der Waals surface area contributed by atoms with Gasteiger partial charge in [0.15, 0.2) is 5.82 Å². The number of furan rings is 1. The first-order valence-electron chi connectivity index (χ1n) is 10.6. The molecule has 2 aromatic carbocycles. The molecule has 5 aromatic rings. The predicted octanol–water partition coefficient (Wildman–Crippen LogP) is 5.57. The molecular weight excluding hydrogens is 502 g/mol. The van der Waals surface area contributed by atoms with Crippen molar-refractivity contribution < 1.29 is 9.15 Å². The Morgan fingerprint density at radius 1 is 1.12 bits per heavy atom. The van der Waals surface area contributed by atoms with E-state index < -0.39 is 0 Å². The van der Waals surface area contributed by atoms with Gasteiger partial charge < -0.3 is 9.15 Å². The van der Waals surface area contributed by atoms with Gasteiger partial charge >= 0.3 is 0 Å². The number of aromatic nitrogens is 3. The molecule has 3 aromatic heterocycles. The fourth-order valence-corrected chi connectivity index (χ4v) is 4.63. The Hall–Kier alpha value is -3.23. The summed E-state index contributed by atoms with van der Waals surface area (Å²) in [5.41, 5.74) is 1.58. The summed E-state index contributed by atoms with van der Waals surface area (Å²) in [4.78, 5) is 18.0. The van der Waals surface area contributed by atoms with Gasteiger partial charge in [-0.2, -0.15) is 9.50 Å². The van der Waals surface area contributed by atoms with Crippen LogP contribution < -0.4 is 14.8 Å². The zero-order valence-electron chi connectivity index (χ0n) is 17.8. The number of unbranched alkanes of at least 4 members (excludes halogenated alkanes) is 1. The van der Waals surface area contributed by atoms with E-state index in [0.717, 1.165) is 40.0 Å². The lowest BCUT2D eigenvalue weighted by Gasteiger charge is -2.05. The molecule has 8 heteroatoms. The molecule has 33 heavy (non-hydrogen) atoms. The quantitative estimate of drug-likeness (QED) is 0.262. The van der Waals surface area contributed by atoms with Gasteiger partial charge in [0, 0.05) is 21.7 Å². The third kappa shape index (κ3) is 4.62. The summed E-state index contributed by atoms with van der Waals surface area (Å²) in [7, 11) is 0. The monoisotopic (exact) mass is 521 g/mol. The zero-order chi connectivity index (χ0) is 22.8. The third-order valence-corrected chi connectivity index (χ3v) is 6.52. The number of hydrogen-bond acceptors (Lipinski definition) is 6. The number of hydrogen-bond donors (Lipinski definition) is 0. The highest BCUT2D eigenvalue weighted by atomic mass is 79.9. The summed E-state index contributed by atoms with van der Waals surface area (Å²) in [6, 6.07) is 19.2. The van der Waals surface area contributed by atoms with Crippen LogP contribution in [0, 0.1) is 0 Å². The lowest BCUT2D eigenvalue weighted by Crippen LogP contribution is -2.23. The van der Waals surface area contributed by atoms with E-state index in [1.54, 1.807) is 6.08 Å². The summed E-state index contributed by atoms with van der Waals surface area (Å²) in [5, 5.41) is 4.42. The molecular formula is C25H20BrN3O3S. The van der Waals surface area contributed by atoms with Crippen LogP contribution in [0.15, 0.2) is 74.3 Å². The van der Waals surface area contributed by atoms with Crippen LogP contribution >= 0.6 is 27.3 Å². The number of fused-ring (bicyclic) bond motifs is 1. The van der Waals surface area contributed by atoms with Gasteiger partial charge in [0.05, 0.1) is 6.61 Å². The minimum Gasteiger partial charge on any atom is -0.494 e. The topological polar surface area (TPSA) is 69.6 Å². The SMILES string of the molecule is CCCCOc1ccc(-c2nc3s/c(=C\c4ccc(-c5cccc(Br)c5)o4)c(=O)n3n2)cc1. The summed E-state index contributed by atoms with van der Waals surface area (Å²) in [5.74, 6) is 2.67.